The van der Waals surface area contributed by atoms with Gasteiger partial charge in [0.15, 0.2) is 5.78 Å². The first kappa shape index (κ1) is 21.5. The van der Waals surface area contributed by atoms with Crippen LogP contribution in [0.2, 0.25) is 0 Å². The molecule has 0 radical (unpaired) electrons. The monoisotopic (exact) mass is 447 g/mol. The number of hydrogen-bond acceptors (Lipinski definition) is 5. The third-order valence-corrected chi connectivity index (χ3v) is 5.90. The molecular formula is C28H25N5O. The van der Waals surface area contributed by atoms with Crippen molar-refractivity contribution in [2.75, 3.05) is 18.0 Å². The second kappa shape index (κ2) is 9.27. The van der Waals surface area contributed by atoms with Crippen LogP contribution in [0, 0.1) is 0 Å². The first-order valence-corrected chi connectivity index (χ1v) is 11.4. The molecule has 0 unspecified atom stereocenters. The molecule has 0 spiro atoms. The summed E-state index contributed by atoms with van der Waals surface area (Å²) in [6.07, 6.45) is 6.31. The lowest BCUT2D eigenvalue weighted by molar-refractivity contribution is -0.110. The lowest BCUT2D eigenvalue weighted by Gasteiger charge is -2.23. The molecule has 2 aromatic rings. The summed E-state index contributed by atoms with van der Waals surface area (Å²) in [5.74, 6) is -0.0457. The number of carbonyl (C=O) groups excluding carboxylic acids is 1. The number of anilines is 1. The summed E-state index contributed by atoms with van der Waals surface area (Å²) in [5.41, 5.74) is 6.64. The van der Waals surface area contributed by atoms with Gasteiger partial charge in [-0.1, -0.05) is 18.2 Å². The normalized spacial score (nSPS) is 13.8. The quantitative estimate of drug-likeness (QED) is 0.248. The van der Waals surface area contributed by atoms with Crippen LogP contribution in [0.4, 0.5) is 5.69 Å². The van der Waals surface area contributed by atoms with Crippen molar-refractivity contribution in [3.63, 3.8) is 0 Å². The number of rotatable bonds is 5. The van der Waals surface area contributed by atoms with Gasteiger partial charge in [-0.2, -0.15) is 10.2 Å². The van der Waals surface area contributed by atoms with Crippen LogP contribution in [0.3, 0.4) is 0 Å². The Bertz CT molecular complexity index is 1470. The highest BCUT2D eigenvalue weighted by Gasteiger charge is 2.15. The smallest absolute Gasteiger partial charge is 0.178 e. The molecule has 0 N–H and O–H groups in total. The molecule has 168 valence electrons. The zero-order chi connectivity index (χ0) is 23.5. The van der Waals surface area contributed by atoms with Crippen LogP contribution in [0.5, 0.6) is 0 Å². The van der Waals surface area contributed by atoms with Crippen LogP contribution in [0.1, 0.15) is 13.8 Å². The SMILES string of the molecule is CCN(CC)c1ccc2nc3ccc(=NN=C4C=CC(=O)C=C4)cc-3n(-c3ccccc3)c2c1. The minimum absolute atomic E-state index is 0.0457. The van der Waals surface area contributed by atoms with E-state index in [1.807, 2.05) is 36.4 Å². The van der Waals surface area contributed by atoms with Gasteiger partial charge in [-0.05, 0) is 86.7 Å². The number of carbonyl (C=O) groups is 1. The molecule has 0 bridgehead atoms. The standard InChI is InChI=1S/C28H25N5O/c1-3-32(4-2)23-13-17-26-28(19-23)33(22-8-6-5-7-9-22)27-18-21(12-16-25(27)29-26)31-30-20-10-14-24(34)15-11-20/h5-19H,3-4H2,1-2H3. The second-order valence-electron chi connectivity index (χ2n) is 7.99. The molecule has 3 aliphatic rings. The average molecular weight is 448 g/mol. The van der Waals surface area contributed by atoms with Gasteiger partial charge in [-0.15, -0.1) is 0 Å². The summed E-state index contributed by atoms with van der Waals surface area (Å²) in [6.45, 7) is 6.21. The fourth-order valence-electron chi connectivity index (χ4n) is 4.16. The van der Waals surface area contributed by atoms with E-state index >= 15 is 0 Å². The summed E-state index contributed by atoms with van der Waals surface area (Å²) < 4.78 is 2.23. The van der Waals surface area contributed by atoms with Gasteiger partial charge in [-0.25, -0.2) is 4.98 Å². The van der Waals surface area contributed by atoms with Gasteiger partial charge in [-0.3, -0.25) is 4.79 Å². The summed E-state index contributed by atoms with van der Waals surface area (Å²) in [4.78, 5) is 18.6. The Morgan fingerprint density at radius 1 is 0.853 bits per heavy atom. The molecule has 0 aromatic heterocycles. The van der Waals surface area contributed by atoms with Gasteiger partial charge in [0, 0.05) is 24.5 Å². The van der Waals surface area contributed by atoms with Crippen molar-refractivity contribution in [2.45, 2.75) is 13.8 Å². The lowest BCUT2D eigenvalue weighted by atomic mass is 10.1. The number of ketones is 1. The van der Waals surface area contributed by atoms with Gasteiger partial charge >= 0.3 is 0 Å². The van der Waals surface area contributed by atoms with E-state index in [9.17, 15) is 4.79 Å². The maximum atomic E-state index is 11.3. The van der Waals surface area contributed by atoms with Crippen molar-refractivity contribution in [3.8, 4) is 17.1 Å². The molecule has 0 atom stereocenters. The molecule has 34 heavy (non-hydrogen) atoms. The summed E-state index contributed by atoms with van der Waals surface area (Å²) in [5, 5.41) is 9.43. The van der Waals surface area contributed by atoms with Gasteiger partial charge in [0.05, 0.1) is 33.5 Å². The first-order valence-electron chi connectivity index (χ1n) is 11.4. The Hall–Kier alpha value is -4.32. The first-order chi connectivity index (χ1) is 16.7. The largest absolute Gasteiger partial charge is 0.372 e. The Morgan fingerprint density at radius 3 is 2.35 bits per heavy atom. The molecule has 1 heterocycles. The Labute approximate surface area is 198 Å². The number of aromatic nitrogens is 2. The minimum atomic E-state index is -0.0457. The average Bonchev–Trinajstić information content (AvgIpc) is 2.88. The third kappa shape index (κ3) is 4.18. The molecular weight excluding hydrogens is 422 g/mol. The number of allylic oxidation sites excluding steroid dienone is 4. The molecule has 2 aliphatic carbocycles. The summed E-state index contributed by atoms with van der Waals surface area (Å²) in [6, 6.07) is 22.6. The zero-order valence-corrected chi connectivity index (χ0v) is 19.2. The molecule has 0 saturated carbocycles. The molecule has 6 nitrogen and oxygen atoms in total. The predicted molar refractivity (Wildman–Crippen MR) is 138 cm³/mol. The maximum absolute atomic E-state index is 11.3. The van der Waals surface area contributed by atoms with Crippen LogP contribution in [-0.2, 0) is 4.79 Å². The highest BCUT2D eigenvalue weighted by molar-refractivity contribution is 6.16. The van der Waals surface area contributed by atoms with Crippen LogP contribution in [0.25, 0.3) is 28.1 Å². The van der Waals surface area contributed by atoms with E-state index in [1.165, 1.54) is 17.8 Å². The van der Waals surface area contributed by atoms with Crippen LogP contribution >= 0.6 is 0 Å². The molecule has 0 fully saturated rings. The Kier molecular flexibility index (Phi) is 5.87. The number of nitrogens with zero attached hydrogens (tertiary/aromatic N) is 5. The second-order valence-corrected chi connectivity index (χ2v) is 7.99. The van der Waals surface area contributed by atoms with Crippen molar-refractivity contribution < 1.29 is 4.79 Å². The van der Waals surface area contributed by atoms with E-state index < -0.39 is 0 Å². The molecule has 5 rings (SSSR count). The van der Waals surface area contributed by atoms with E-state index in [1.54, 1.807) is 12.2 Å². The van der Waals surface area contributed by atoms with E-state index in [0.29, 0.717) is 11.1 Å². The number of hydrogen-bond donors (Lipinski definition) is 0. The molecule has 2 aromatic carbocycles. The van der Waals surface area contributed by atoms with E-state index in [2.05, 4.69) is 63.8 Å². The predicted octanol–water partition coefficient (Wildman–Crippen LogP) is 4.93. The van der Waals surface area contributed by atoms with Crippen molar-refractivity contribution >= 4 is 28.2 Å². The maximum Gasteiger partial charge on any atom is 0.178 e. The van der Waals surface area contributed by atoms with Crippen LogP contribution in [0.15, 0.2) is 101 Å². The third-order valence-electron chi connectivity index (χ3n) is 5.90. The minimum Gasteiger partial charge on any atom is -0.372 e. The fourth-order valence-corrected chi connectivity index (χ4v) is 4.16. The van der Waals surface area contributed by atoms with E-state index in [0.717, 1.165) is 41.2 Å². The van der Waals surface area contributed by atoms with E-state index in [4.69, 9.17) is 4.98 Å². The zero-order valence-electron chi connectivity index (χ0n) is 19.2. The lowest BCUT2D eigenvalue weighted by Crippen LogP contribution is -2.22. The molecule has 0 amide bonds. The van der Waals surface area contributed by atoms with Gasteiger partial charge in [0.25, 0.3) is 0 Å². The topological polar surface area (TPSA) is 62.9 Å². The van der Waals surface area contributed by atoms with Gasteiger partial charge in [0.2, 0.25) is 0 Å². The van der Waals surface area contributed by atoms with Crippen molar-refractivity contribution in [1.29, 1.82) is 0 Å². The van der Waals surface area contributed by atoms with Gasteiger partial charge < -0.3 is 9.47 Å². The number of fused-ring (bicyclic) bond motifs is 2. The van der Waals surface area contributed by atoms with Crippen LogP contribution < -0.4 is 10.3 Å². The van der Waals surface area contributed by atoms with Gasteiger partial charge in [0.1, 0.15) is 0 Å². The highest BCUT2D eigenvalue weighted by atomic mass is 16.1. The molecule has 0 saturated heterocycles. The Morgan fingerprint density at radius 2 is 1.62 bits per heavy atom. The molecule has 6 heteroatoms. The summed E-state index contributed by atoms with van der Waals surface area (Å²) in [7, 11) is 0. The Balaban J connectivity index is 1.75. The highest BCUT2D eigenvalue weighted by Crippen LogP contribution is 2.30. The van der Waals surface area contributed by atoms with Crippen LogP contribution in [-0.4, -0.2) is 34.1 Å². The number of para-hydroxylation sites is 1. The summed E-state index contributed by atoms with van der Waals surface area (Å²) >= 11 is 0. The fraction of sp³-hybridized carbons (Fsp3) is 0.143. The van der Waals surface area contributed by atoms with Crippen molar-refractivity contribution in [3.05, 3.63) is 96.4 Å². The number of benzene rings is 3. The van der Waals surface area contributed by atoms with E-state index in [-0.39, 0.29) is 5.78 Å². The van der Waals surface area contributed by atoms with Crippen molar-refractivity contribution in [2.24, 2.45) is 10.2 Å². The van der Waals surface area contributed by atoms with Crippen molar-refractivity contribution in [1.82, 2.24) is 9.55 Å². The molecule has 1 aliphatic heterocycles.